The van der Waals surface area contributed by atoms with Crippen LogP contribution in [0, 0.1) is 13.8 Å². The minimum atomic E-state index is -0.340. The Labute approximate surface area is 108 Å². The third kappa shape index (κ3) is 2.60. The zero-order chi connectivity index (χ0) is 13.1. The van der Waals surface area contributed by atoms with E-state index in [1.807, 2.05) is 0 Å². The van der Waals surface area contributed by atoms with Gasteiger partial charge in [0.15, 0.2) is 11.0 Å². The topological polar surface area (TPSA) is 80.7 Å². The lowest BCUT2D eigenvalue weighted by Crippen LogP contribution is -2.16. The first-order chi connectivity index (χ1) is 8.58. The number of anilines is 1. The summed E-state index contributed by atoms with van der Waals surface area (Å²) in [6.07, 6.45) is 2.89. The van der Waals surface area contributed by atoms with E-state index in [9.17, 15) is 4.79 Å². The van der Waals surface area contributed by atoms with Crippen molar-refractivity contribution in [3.05, 3.63) is 40.6 Å². The van der Waals surface area contributed by atoms with Crippen LogP contribution >= 0.6 is 11.6 Å². The second-order valence-corrected chi connectivity index (χ2v) is 3.99. The van der Waals surface area contributed by atoms with Crippen LogP contribution in [0.15, 0.2) is 18.5 Å². The van der Waals surface area contributed by atoms with Crippen LogP contribution in [0.4, 0.5) is 5.82 Å². The summed E-state index contributed by atoms with van der Waals surface area (Å²) in [5.74, 6) is -0.120. The first-order valence-corrected chi connectivity index (χ1v) is 5.54. The van der Waals surface area contributed by atoms with E-state index in [4.69, 9.17) is 11.6 Å². The average molecular weight is 264 g/mol. The van der Waals surface area contributed by atoms with Crippen LogP contribution in [0.3, 0.4) is 0 Å². The highest BCUT2D eigenvalue weighted by molar-refractivity contribution is 6.32. The number of amides is 1. The number of aryl methyl sites for hydroxylation is 2. The molecule has 0 atom stereocenters. The summed E-state index contributed by atoms with van der Waals surface area (Å²) in [5.41, 5.74) is 1.64. The summed E-state index contributed by atoms with van der Waals surface area (Å²) < 4.78 is 0. The SMILES string of the molecule is Cc1cc(C(=O)Nc2nccnc2Cl)c(C)nn1. The summed E-state index contributed by atoms with van der Waals surface area (Å²) in [6, 6.07) is 1.65. The third-order valence-corrected chi connectivity index (χ3v) is 2.51. The number of nitrogens with one attached hydrogen (secondary N) is 1. The van der Waals surface area contributed by atoms with Gasteiger partial charge in [-0.3, -0.25) is 4.79 Å². The molecule has 0 saturated heterocycles. The van der Waals surface area contributed by atoms with Gasteiger partial charge in [-0.25, -0.2) is 9.97 Å². The number of carbonyl (C=O) groups is 1. The largest absolute Gasteiger partial charge is 0.304 e. The Balaban J connectivity index is 2.28. The molecule has 0 fully saturated rings. The molecule has 0 aromatic carbocycles. The monoisotopic (exact) mass is 263 g/mol. The molecule has 7 heteroatoms. The van der Waals surface area contributed by atoms with Gasteiger partial charge in [-0.1, -0.05) is 11.6 Å². The van der Waals surface area contributed by atoms with Crippen LogP contribution in [0.2, 0.25) is 5.15 Å². The predicted octanol–water partition coefficient (Wildman–Crippen LogP) is 1.79. The van der Waals surface area contributed by atoms with Gasteiger partial charge < -0.3 is 5.32 Å². The van der Waals surface area contributed by atoms with Gasteiger partial charge >= 0.3 is 0 Å². The highest BCUT2D eigenvalue weighted by Crippen LogP contribution is 2.16. The second kappa shape index (κ2) is 5.05. The maximum absolute atomic E-state index is 12.0. The summed E-state index contributed by atoms with van der Waals surface area (Å²) in [6.45, 7) is 3.47. The van der Waals surface area contributed by atoms with E-state index in [2.05, 4.69) is 25.5 Å². The Hall–Kier alpha value is -2.08. The Morgan fingerprint density at radius 3 is 2.67 bits per heavy atom. The standard InChI is InChI=1S/C11H10ClN5O/c1-6-5-8(7(2)17-16-6)11(18)15-10-9(12)13-3-4-14-10/h3-5H,1-2H3,(H,14,15,18). The molecule has 0 aliphatic rings. The molecule has 1 amide bonds. The molecule has 2 aromatic heterocycles. The first-order valence-electron chi connectivity index (χ1n) is 5.16. The van der Waals surface area contributed by atoms with Crippen molar-refractivity contribution < 1.29 is 4.79 Å². The molecule has 0 radical (unpaired) electrons. The molecule has 2 heterocycles. The molecule has 2 rings (SSSR count). The van der Waals surface area contributed by atoms with Crippen LogP contribution in [-0.2, 0) is 0 Å². The molecular weight excluding hydrogens is 254 g/mol. The van der Waals surface area contributed by atoms with Gasteiger partial charge in [-0.2, -0.15) is 10.2 Å². The molecule has 0 aliphatic heterocycles. The predicted molar refractivity (Wildman–Crippen MR) is 66.5 cm³/mol. The number of halogens is 1. The Bertz CT molecular complexity index is 602. The quantitative estimate of drug-likeness (QED) is 0.893. The number of rotatable bonds is 2. The first kappa shape index (κ1) is 12.4. The number of hydrogen-bond acceptors (Lipinski definition) is 5. The van der Waals surface area contributed by atoms with Crippen molar-refractivity contribution in [3.8, 4) is 0 Å². The molecule has 0 aliphatic carbocycles. The van der Waals surface area contributed by atoms with E-state index in [0.717, 1.165) is 0 Å². The molecule has 0 unspecified atom stereocenters. The van der Waals surface area contributed by atoms with Crippen LogP contribution in [-0.4, -0.2) is 26.1 Å². The molecule has 6 nitrogen and oxygen atoms in total. The van der Waals surface area contributed by atoms with Gasteiger partial charge in [0.25, 0.3) is 5.91 Å². The minimum absolute atomic E-state index is 0.141. The van der Waals surface area contributed by atoms with Gasteiger partial charge in [0, 0.05) is 12.4 Å². The van der Waals surface area contributed by atoms with Crippen LogP contribution < -0.4 is 5.32 Å². The average Bonchev–Trinajstić information content (AvgIpc) is 2.35. The van der Waals surface area contributed by atoms with E-state index in [1.165, 1.54) is 12.4 Å². The summed E-state index contributed by atoms with van der Waals surface area (Å²) >= 11 is 5.81. The van der Waals surface area contributed by atoms with Crippen molar-refractivity contribution >= 4 is 23.3 Å². The minimum Gasteiger partial charge on any atom is -0.304 e. The van der Waals surface area contributed by atoms with Crippen molar-refractivity contribution in [1.82, 2.24) is 20.2 Å². The Morgan fingerprint density at radius 1 is 1.22 bits per heavy atom. The lowest BCUT2D eigenvalue weighted by Gasteiger charge is -2.07. The Morgan fingerprint density at radius 2 is 1.94 bits per heavy atom. The molecule has 0 spiro atoms. The van der Waals surface area contributed by atoms with Gasteiger partial charge in [0.05, 0.1) is 17.0 Å². The lowest BCUT2D eigenvalue weighted by molar-refractivity contribution is 0.102. The fraction of sp³-hybridized carbons (Fsp3) is 0.182. The van der Waals surface area contributed by atoms with Crippen molar-refractivity contribution in [2.75, 3.05) is 5.32 Å². The van der Waals surface area contributed by atoms with Crippen LogP contribution in [0.5, 0.6) is 0 Å². The normalized spacial score (nSPS) is 10.2. The number of aromatic nitrogens is 4. The van der Waals surface area contributed by atoms with Crippen LogP contribution in [0.1, 0.15) is 21.7 Å². The highest BCUT2D eigenvalue weighted by atomic mass is 35.5. The van der Waals surface area contributed by atoms with E-state index in [1.54, 1.807) is 19.9 Å². The maximum atomic E-state index is 12.0. The summed E-state index contributed by atoms with van der Waals surface area (Å²) in [7, 11) is 0. The molecule has 1 N–H and O–H groups in total. The zero-order valence-electron chi connectivity index (χ0n) is 9.81. The number of nitrogens with zero attached hydrogens (tertiary/aromatic N) is 4. The van der Waals surface area contributed by atoms with Crippen molar-refractivity contribution in [2.45, 2.75) is 13.8 Å². The summed E-state index contributed by atoms with van der Waals surface area (Å²) in [4.78, 5) is 19.8. The van der Waals surface area contributed by atoms with E-state index < -0.39 is 0 Å². The molecule has 92 valence electrons. The van der Waals surface area contributed by atoms with Crippen molar-refractivity contribution in [2.24, 2.45) is 0 Å². The smallest absolute Gasteiger partial charge is 0.258 e. The van der Waals surface area contributed by atoms with E-state index >= 15 is 0 Å². The third-order valence-electron chi connectivity index (χ3n) is 2.23. The highest BCUT2D eigenvalue weighted by Gasteiger charge is 2.13. The Kier molecular flexibility index (Phi) is 3.47. The van der Waals surface area contributed by atoms with Gasteiger partial charge in [-0.15, -0.1) is 0 Å². The molecule has 18 heavy (non-hydrogen) atoms. The number of hydrogen-bond donors (Lipinski definition) is 1. The fourth-order valence-electron chi connectivity index (χ4n) is 1.36. The zero-order valence-corrected chi connectivity index (χ0v) is 10.6. The molecule has 0 bridgehead atoms. The number of carbonyl (C=O) groups excluding carboxylic acids is 1. The van der Waals surface area contributed by atoms with E-state index in [0.29, 0.717) is 17.0 Å². The maximum Gasteiger partial charge on any atom is 0.258 e. The fourth-order valence-corrected chi connectivity index (χ4v) is 1.51. The molecule has 0 saturated carbocycles. The molecule has 2 aromatic rings. The van der Waals surface area contributed by atoms with E-state index in [-0.39, 0.29) is 16.9 Å². The van der Waals surface area contributed by atoms with Crippen molar-refractivity contribution in [1.29, 1.82) is 0 Å². The van der Waals surface area contributed by atoms with Crippen LogP contribution in [0.25, 0.3) is 0 Å². The molecular formula is C11H10ClN5O. The van der Waals surface area contributed by atoms with Gasteiger partial charge in [0.2, 0.25) is 0 Å². The second-order valence-electron chi connectivity index (χ2n) is 3.63. The lowest BCUT2D eigenvalue weighted by atomic mass is 10.2. The van der Waals surface area contributed by atoms with Crippen molar-refractivity contribution in [3.63, 3.8) is 0 Å². The van der Waals surface area contributed by atoms with Gasteiger partial charge in [-0.05, 0) is 19.9 Å². The summed E-state index contributed by atoms with van der Waals surface area (Å²) in [5, 5.41) is 10.5. The van der Waals surface area contributed by atoms with Gasteiger partial charge in [0.1, 0.15) is 0 Å².